The molecule has 0 heteroatoms. The Kier molecular flexibility index (Phi) is 9.93. The minimum Gasteiger partial charge on any atom is -0.0654 e. The van der Waals surface area contributed by atoms with E-state index in [1.54, 1.807) is 51.4 Å². The van der Waals surface area contributed by atoms with Gasteiger partial charge in [-0.3, -0.25) is 0 Å². The van der Waals surface area contributed by atoms with E-state index in [4.69, 9.17) is 0 Å². The molecule has 0 N–H and O–H groups in total. The average Bonchev–Trinajstić information content (AvgIpc) is 2.67. The van der Waals surface area contributed by atoms with E-state index in [1.807, 2.05) is 0 Å². The van der Waals surface area contributed by atoms with Crippen LogP contribution < -0.4 is 0 Å². The van der Waals surface area contributed by atoms with E-state index in [0.29, 0.717) is 0 Å². The fraction of sp³-hybridized carbons (Fsp3) is 1.00. The van der Waals surface area contributed by atoms with Crippen molar-refractivity contribution in [3.8, 4) is 0 Å². The van der Waals surface area contributed by atoms with Crippen LogP contribution in [0.25, 0.3) is 0 Å². The molecule has 0 aromatic carbocycles. The first kappa shape index (κ1) is 21.3. The first-order valence-electron chi connectivity index (χ1n) is 12.2. The molecule has 2 rings (SSSR count). The second-order valence-electron chi connectivity index (χ2n) is 9.78. The van der Waals surface area contributed by atoms with Crippen molar-refractivity contribution >= 4 is 0 Å². The molecule has 0 radical (unpaired) electrons. The lowest BCUT2D eigenvalue weighted by atomic mass is 9.62. The van der Waals surface area contributed by atoms with Gasteiger partial charge in [-0.15, -0.1) is 0 Å². The summed E-state index contributed by atoms with van der Waals surface area (Å²) in [5, 5.41) is 0. The molecule has 25 heavy (non-hydrogen) atoms. The summed E-state index contributed by atoms with van der Waals surface area (Å²) in [6, 6.07) is 0. The third-order valence-corrected chi connectivity index (χ3v) is 8.18. The van der Waals surface area contributed by atoms with Gasteiger partial charge in [-0.2, -0.15) is 0 Å². The van der Waals surface area contributed by atoms with Crippen molar-refractivity contribution in [3.63, 3.8) is 0 Å². The second-order valence-corrected chi connectivity index (χ2v) is 9.78. The first-order chi connectivity index (χ1) is 12.2. The van der Waals surface area contributed by atoms with Crippen LogP contribution in [0.2, 0.25) is 0 Å². The lowest BCUT2D eigenvalue weighted by molar-refractivity contribution is 0.0798. The molecule has 0 aromatic rings. The van der Waals surface area contributed by atoms with Crippen LogP contribution in [0, 0.1) is 23.2 Å². The van der Waals surface area contributed by atoms with Gasteiger partial charge in [-0.1, -0.05) is 91.4 Å². The van der Waals surface area contributed by atoms with Crippen molar-refractivity contribution in [2.75, 3.05) is 0 Å². The predicted octanol–water partition coefficient (Wildman–Crippen LogP) is 8.93. The van der Waals surface area contributed by atoms with Crippen molar-refractivity contribution in [2.24, 2.45) is 23.2 Å². The van der Waals surface area contributed by atoms with Crippen LogP contribution in [0.5, 0.6) is 0 Å². The van der Waals surface area contributed by atoms with Gasteiger partial charge in [0.1, 0.15) is 0 Å². The summed E-state index contributed by atoms with van der Waals surface area (Å²) in [5.74, 6) is 3.27. The Morgan fingerprint density at radius 1 is 0.640 bits per heavy atom. The number of rotatable bonds is 11. The normalized spacial score (nSPS) is 33.5. The molecular weight excluding hydrogens is 300 g/mol. The Hall–Kier alpha value is 0. The van der Waals surface area contributed by atoms with E-state index in [0.717, 1.165) is 23.2 Å². The van der Waals surface area contributed by atoms with E-state index in [1.165, 1.54) is 64.2 Å². The Balaban J connectivity index is 1.66. The molecule has 0 aliphatic heterocycles. The lowest BCUT2D eigenvalue weighted by Crippen LogP contribution is -2.31. The molecule has 148 valence electrons. The zero-order valence-electron chi connectivity index (χ0n) is 18.0. The Morgan fingerprint density at radius 2 is 1.24 bits per heavy atom. The highest BCUT2D eigenvalue weighted by atomic mass is 14.4. The fourth-order valence-corrected chi connectivity index (χ4v) is 6.06. The van der Waals surface area contributed by atoms with Crippen molar-refractivity contribution in [2.45, 2.75) is 136 Å². The van der Waals surface area contributed by atoms with E-state index < -0.39 is 0 Å². The monoisotopic (exact) mass is 348 g/mol. The maximum Gasteiger partial charge on any atom is -0.0300 e. The number of hydrogen-bond donors (Lipinski definition) is 0. The molecule has 2 aliphatic rings. The SMILES string of the molecule is CCCCCCC1CCC(C2CCC(CC)(CCCCC)CC2)CC1. The van der Waals surface area contributed by atoms with Gasteiger partial charge >= 0.3 is 0 Å². The van der Waals surface area contributed by atoms with Crippen LogP contribution in [0.15, 0.2) is 0 Å². The molecule has 0 atom stereocenters. The van der Waals surface area contributed by atoms with Crippen molar-refractivity contribution < 1.29 is 0 Å². The highest BCUT2D eigenvalue weighted by molar-refractivity contribution is 4.88. The first-order valence-corrected chi connectivity index (χ1v) is 12.2. The van der Waals surface area contributed by atoms with Crippen molar-refractivity contribution in [3.05, 3.63) is 0 Å². The summed E-state index contributed by atoms with van der Waals surface area (Å²) in [7, 11) is 0. The van der Waals surface area contributed by atoms with Crippen molar-refractivity contribution in [1.29, 1.82) is 0 Å². The molecule has 0 saturated heterocycles. The average molecular weight is 349 g/mol. The quantitative estimate of drug-likeness (QED) is 0.327. The molecule has 0 aromatic heterocycles. The maximum atomic E-state index is 2.47. The molecule has 2 saturated carbocycles. The van der Waals surface area contributed by atoms with Crippen LogP contribution >= 0.6 is 0 Å². The van der Waals surface area contributed by atoms with Gasteiger partial charge in [0.2, 0.25) is 0 Å². The summed E-state index contributed by atoms with van der Waals surface area (Å²) in [5.41, 5.74) is 0.738. The molecule has 0 heterocycles. The topological polar surface area (TPSA) is 0 Å². The standard InChI is InChI=1S/C25H48/c1-4-7-9-10-12-22-13-15-23(16-14-22)24-17-20-25(6-3,21-18-24)19-11-8-5-2/h22-24H,4-21H2,1-3H3. The molecule has 2 aliphatic carbocycles. The summed E-state index contributed by atoms with van der Waals surface area (Å²) < 4.78 is 0. The zero-order chi connectivity index (χ0) is 18.0. The van der Waals surface area contributed by atoms with Crippen LogP contribution in [-0.2, 0) is 0 Å². The molecule has 0 unspecified atom stereocenters. The predicted molar refractivity (Wildman–Crippen MR) is 113 cm³/mol. The van der Waals surface area contributed by atoms with E-state index in [9.17, 15) is 0 Å². The highest BCUT2D eigenvalue weighted by Crippen LogP contribution is 2.49. The van der Waals surface area contributed by atoms with E-state index >= 15 is 0 Å². The Bertz CT molecular complexity index is 315. The molecular formula is C25H48. The number of hydrogen-bond acceptors (Lipinski definition) is 0. The highest BCUT2D eigenvalue weighted by Gasteiger charge is 2.36. The van der Waals surface area contributed by atoms with E-state index in [-0.39, 0.29) is 0 Å². The fourth-order valence-electron chi connectivity index (χ4n) is 6.06. The van der Waals surface area contributed by atoms with Crippen molar-refractivity contribution in [1.82, 2.24) is 0 Å². The molecule has 0 amide bonds. The third-order valence-electron chi connectivity index (χ3n) is 8.18. The minimum atomic E-state index is 0.738. The lowest BCUT2D eigenvalue weighted by Gasteiger charge is -2.44. The number of unbranched alkanes of at least 4 members (excludes halogenated alkanes) is 5. The molecule has 0 nitrogen and oxygen atoms in total. The van der Waals surface area contributed by atoms with Gasteiger partial charge in [0.05, 0.1) is 0 Å². The zero-order valence-corrected chi connectivity index (χ0v) is 18.0. The van der Waals surface area contributed by atoms with Gasteiger partial charge in [0.25, 0.3) is 0 Å². The maximum absolute atomic E-state index is 2.47. The van der Waals surface area contributed by atoms with Crippen LogP contribution in [-0.4, -0.2) is 0 Å². The largest absolute Gasteiger partial charge is 0.0654 e. The van der Waals surface area contributed by atoms with Gasteiger partial charge in [-0.05, 0) is 68.1 Å². The summed E-state index contributed by atoms with van der Waals surface area (Å²) in [6.07, 6.45) is 27.1. The molecule has 0 bridgehead atoms. The van der Waals surface area contributed by atoms with Gasteiger partial charge in [0, 0.05) is 0 Å². The van der Waals surface area contributed by atoms with Crippen LogP contribution in [0.1, 0.15) is 136 Å². The van der Waals surface area contributed by atoms with Gasteiger partial charge < -0.3 is 0 Å². The van der Waals surface area contributed by atoms with Gasteiger partial charge in [-0.25, -0.2) is 0 Å². The van der Waals surface area contributed by atoms with Gasteiger partial charge in [0.15, 0.2) is 0 Å². The minimum absolute atomic E-state index is 0.738. The summed E-state index contributed by atoms with van der Waals surface area (Å²) in [6.45, 7) is 7.14. The summed E-state index contributed by atoms with van der Waals surface area (Å²) in [4.78, 5) is 0. The van der Waals surface area contributed by atoms with E-state index in [2.05, 4.69) is 20.8 Å². The smallest absolute Gasteiger partial charge is 0.0300 e. The second kappa shape index (κ2) is 11.7. The molecule has 2 fully saturated rings. The third kappa shape index (κ3) is 6.91. The summed E-state index contributed by atoms with van der Waals surface area (Å²) >= 11 is 0. The Labute approximate surface area is 159 Å². The van der Waals surface area contributed by atoms with Crippen LogP contribution in [0.4, 0.5) is 0 Å². The molecule has 0 spiro atoms. The Morgan fingerprint density at radius 3 is 1.84 bits per heavy atom. The van der Waals surface area contributed by atoms with Crippen LogP contribution in [0.3, 0.4) is 0 Å².